The van der Waals surface area contributed by atoms with Gasteiger partial charge in [-0.2, -0.15) is 0 Å². The number of likely N-dealkylation sites (tertiary alicyclic amines) is 1. The number of aliphatic hydroxyl groups excluding tert-OH is 1. The van der Waals surface area contributed by atoms with Gasteiger partial charge in [-0.3, -0.25) is 14.6 Å². The van der Waals surface area contributed by atoms with E-state index in [0.717, 1.165) is 6.42 Å². The van der Waals surface area contributed by atoms with Crippen molar-refractivity contribution in [1.82, 2.24) is 9.88 Å². The van der Waals surface area contributed by atoms with Gasteiger partial charge >= 0.3 is 0 Å². The first-order valence-electron chi connectivity index (χ1n) is 7.89. The molecule has 1 unspecified atom stereocenters. The number of pyridine rings is 1. The van der Waals surface area contributed by atoms with E-state index >= 15 is 0 Å². The fraction of sp³-hybridized carbons (Fsp3) is 0.211. The number of nitrogens with zero attached hydrogens (tertiary/aromatic N) is 2. The molecule has 0 bridgehead atoms. The predicted octanol–water partition coefficient (Wildman–Crippen LogP) is 2.91. The fourth-order valence-corrected chi connectivity index (χ4v) is 2.99. The Labute approximate surface area is 140 Å². The lowest BCUT2D eigenvalue weighted by molar-refractivity contribution is -0.139. The Morgan fingerprint density at radius 3 is 2.54 bits per heavy atom. The molecular weight excluding hydrogens is 304 g/mol. The Hall–Kier alpha value is -2.95. The number of hydrogen-bond donors (Lipinski definition) is 1. The number of Topliss-reactive ketones (excluding diaryl/α,β-unsaturated/α-hetero) is 1. The number of aliphatic hydroxyl groups is 1. The van der Waals surface area contributed by atoms with Crippen LogP contribution < -0.4 is 0 Å². The van der Waals surface area contributed by atoms with Gasteiger partial charge in [0, 0.05) is 24.5 Å². The molecule has 1 atom stereocenters. The standard InChI is InChI=1S/C19H18N2O3/c1-2-11-21-16(14-9-6-10-20-12-14)15(18(23)19(21)24)17(22)13-7-4-3-5-8-13/h3-10,12,16,22H,2,11H2,1H3/b17-15-. The second-order valence-corrected chi connectivity index (χ2v) is 5.64. The van der Waals surface area contributed by atoms with E-state index < -0.39 is 17.7 Å². The maximum atomic E-state index is 12.6. The molecule has 2 aromatic rings. The molecule has 1 fully saturated rings. The SMILES string of the molecule is CCCN1C(=O)C(=O)/C(=C(\O)c2ccccc2)C1c1cccnc1. The molecule has 1 amide bonds. The number of benzene rings is 1. The number of rotatable bonds is 4. The number of carbonyl (C=O) groups is 2. The molecule has 0 spiro atoms. The van der Waals surface area contributed by atoms with Crippen molar-refractivity contribution in [2.75, 3.05) is 6.54 Å². The molecular formula is C19H18N2O3. The normalized spacial score (nSPS) is 19.7. The van der Waals surface area contributed by atoms with Crippen molar-refractivity contribution in [3.05, 3.63) is 71.6 Å². The van der Waals surface area contributed by atoms with Crippen LogP contribution in [-0.2, 0) is 9.59 Å². The maximum Gasteiger partial charge on any atom is 0.295 e. The van der Waals surface area contributed by atoms with E-state index in [2.05, 4.69) is 4.98 Å². The van der Waals surface area contributed by atoms with Gasteiger partial charge in [0.05, 0.1) is 11.6 Å². The molecule has 1 saturated heterocycles. The van der Waals surface area contributed by atoms with Gasteiger partial charge < -0.3 is 10.0 Å². The van der Waals surface area contributed by atoms with Crippen LogP contribution >= 0.6 is 0 Å². The predicted molar refractivity (Wildman–Crippen MR) is 90.0 cm³/mol. The molecule has 1 N–H and O–H groups in total. The zero-order chi connectivity index (χ0) is 17.1. The van der Waals surface area contributed by atoms with Crippen molar-refractivity contribution in [1.29, 1.82) is 0 Å². The number of ketones is 1. The third kappa shape index (κ3) is 2.69. The Morgan fingerprint density at radius 1 is 1.17 bits per heavy atom. The number of aromatic nitrogens is 1. The summed E-state index contributed by atoms with van der Waals surface area (Å²) in [6.45, 7) is 2.38. The van der Waals surface area contributed by atoms with Gasteiger partial charge in [0.1, 0.15) is 5.76 Å². The lowest BCUT2D eigenvalue weighted by atomic mass is 9.96. The molecule has 0 radical (unpaired) electrons. The molecule has 122 valence electrons. The monoisotopic (exact) mass is 322 g/mol. The van der Waals surface area contributed by atoms with Crippen LogP contribution in [0.3, 0.4) is 0 Å². The Kier molecular flexibility index (Phi) is 4.42. The van der Waals surface area contributed by atoms with E-state index in [9.17, 15) is 14.7 Å². The summed E-state index contributed by atoms with van der Waals surface area (Å²) < 4.78 is 0. The van der Waals surface area contributed by atoms with E-state index in [4.69, 9.17) is 0 Å². The van der Waals surface area contributed by atoms with E-state index in [1.807, 2.05) is 19.1 Å². The average molecular weight is 322 g/mol. The highest BCUT2D eigenvalue weighted by Crippen LogP contribution is 2.38. The minimum atomic E-state index is -0.654. The third-order valence-corrected chi connectivity index (χ3v) is 4.05. The minimum absolute atomic E-state index is 0.118. The molecule has 5 heteroatoms. The van der Waals surface area contributed by atoms with Crippen molar-refractivity contribution in [2.24, 2.45) is 0 Å². The van der Waals surface area contributed by atoms with Crippen LogP contribution in [0.25, 0.3) is 5.76 Å². The number of hydrogen-bond acceptors (Lipinski definition) is 4. The van der Waals surface area contributed by atoms with Crippen LogP contribution in [0.4, 0.5) is 0 Å². The summed E-state index contributed by atoms with van der Waals surface area (Å²) in [5, 5.41) is 10.7. The number of amides is 1. The zero-order valence-corrected chi connectivity index (χ0v) is 13.3. The van der Waals surface area contributed by atoms with Gasteiger partial charge in [-0.25, -0.2) is 0 Å². The van der Waals surface area contributed by atoms with Gasteiger partial charge in [-0.05, 0) is 18.1 Å². The molecule has 2 heterocycles. The summed E-state index contributed by atoms with van der Waals surface area (Å²) >= 11 is 0. The summed E-state index contributed by atoms with van der Waals surface area (Å²) in [7, 11) is 0. The van der Waals surface area contributed by atoms with Crippen molar-refractivity contribution in [3.8, 4) is 0 Å². The summed E-state index contributed by atoms with van der Waals surface area (Å²) in [6.07, 6.45) is 3.97. The van der Waals surface area contributed by atoms with E-state index in [-0.39, 0.29) is 11.3 Å². The van der Waals surface area contributed by atoms with Gasteiger partial charge in [0.25, 0.3) is 11.7 Å². The highest BCUT2D eigenvalue weighted by Gasteiger charge is 2.45. The lowest BCUT2D eigenvalue weighted by Gasteiger charge is -2.24. The van der Waals surface area contributed by atoms with E-state index in [1.165, 1.54) is 4.90 Å². The fourth-order valence-electron chi connectivity index (χ4n) is 2.99. The Morgan fingerprint density at radius 2 is 1.92 bits per heavy atom. The number of carbonyl (C=O) groups excluding carboxylic acids is 2. The molecule has 1 aliphatic heterocycles. The minimum Gasteiger partial charge on any atom is -0.507 e. The van der Waals surface area contributed by atoms with Crippen LogP contribution in [0.5, 0.6) is 0 Å². The first-order valence-corrected chi connectivity index (χ1v) is 7.89. The smallest absolute Gasteiger partial charge is 0.295 e. The summed E-state index contributed by atoms with van der Waals surface area (Å²) in [5.74, 6) is -1.39. The quantitative estimate of drug-likeness (QED) is 0.534. The van der Waals surface area contributed by atoms with E-state index in [0.29, 0.717) is 17.7 Å². The van der Waals surface area contributed by atoms with Crippen LogP contribution in [0.2, 0.25) is 0 Å². The first-order chi connectivity index (χ1) is 11.6. The van der Waals surface area contributed by atoms with Crippen molar-refractivity contribution in [3.63, 3.8) is 0 Å². The Bertz CT molecular complexity index is 785. The molecule has 1 aromatic heterocycles. The summed E-state index contributed by atoms with van der Waals surface area (Å²) in [5.41, 5.74) is 1.34. The molecule has 1 aromatic carbocycles. The van der Waals surface area contributed by atoms with Crippen molar-refractivity contribution >= 4 is 17.4 Å². The topological polar surface area (TPSA) is 70.5 Å². The van der Waals surface area contributed by atoms with Gasteiger partial charge in [0.2, 0.25) is 0 Å². The van der Waals surface area contributed by atoms with Crippen LogP contribution in [-0.4, -0.2) is 33.2 Å². The molecule has 0 aliphatic carbocycles. The second-order valence-electron chi connectivity index (χ2n) is 5.64. The Balaban J connectivity index is 2.18. The highest BCUT2D eigenvalue weighted by atomic mass is 16.3. The van der Waals surface area contributed by atoms with Crippen LogP contribution in [0.1, 0.15) is 30.5 Å². The molecule has 3 rings (SSSR count). The highest BCUT2D eigenvalue weighted by molar-refractivity contribution is 6.46. The summed E-state index contributed by atoms with van der Waals surface area (Å²) in [6, 6.07) is 11.7. The molecule has 1 aliphatic rings. The third-order valence-electron chi connectivity index (χ3n) is 4.05. The van der Waals surface area contributed by atoms with Gasteiger partial charge in [-0.1, -0.05) is 43.3 Å². The van der Waals surface area contributed by atoms with Crippen molar-refractivity contribution < 1.29 is 14.7 Å². The first kappa shape index (κ1) is 15.9. The lowest BCUT2D eigenvalue weighted by Crippen LogP contribution is -2.30. The molecule has 0 saturated carbocycles. The van der Waals surface area contributed by atoms with Gasteiger partial charge in [-0.15, -0.1) is 0 Å². The molecule has 5 nitrogen and oxygen atoms in total. The largest absolute Gasteiger partial charge is 0.507 e. The second kappa shape index (κ2) is 6.66. The van der Waals surface area contributed by atoms with Crippen LogP contribution in [0, 0.1) is 0 Å². The van der Waals surface area contributed by atoms with Gasteiger partial charge in [0.15, 0.2) is 0 Å². The van der Waals surface area contributed by atoms with Crippen LogP contribution in [0.15, 0.2) is 60.4 Å². The van der Waals surface area contributed by atoms with E-state index in [1.54, 1.807) is 42.7 Å². The average Bonchev–Trinajstić information content (AvgIpc) is 2.88. The summed E-state index contributed by atoms with van der Waals surface area (Å²) in [4.78, 5) is 30.6. The molecule has 24 heavy (non-hydrogen) atoms. The zero-order valence-electron chi connectivity index (χ0n) is 13.3. The maximum absolute atomic E-state index is 12.6. The van der Waals surface area contributed by atoms with Crippen molar-refractivity contribution in [2.45, 2.75) is 19.4 Å².